The fourth-order valence-corrected chi connectivity index (χ4v) is 2.49. The number of nitrogens with zero attached hydrogens (tertiary/aromatic N) is 1. The van der Waals surface area contributed by atoms with Crippen LogP contribution < -0.4 is 22.1 Å². The number of nitrogens with two attached hydrogens (primary N) is 2. The van der Waals surface area contributed by atoms with Gasteiger partial charge in [-0.05, 0) is 23.8 Å². The molecule has 7 N–H and O–H groups in total. The molecule has 146 valence electrons. The van der Waals surface area contributed by atoms with Gasteiger partial charge in [0.15, 0.2) is 5.96 Å². The van der Waals surface area contributed by atoms with Gasteiger partial charge in [-0.25, -0.2) is 4.99 Å². The van der Waals surface area contributed by atoms with Crippen LogP contribution in [0.2, 0.25) is 0 Å². The second-order valence-corrected chi connectivity index (χ2v) is 5.90. The molecule has 1 atom stereocenters. The Morgan fingerprint density at radius 3 is 2.39 bits per heavy atom. The molecule has 0 bridgehead atoms. The highest BCUT2D eigenvalue weighted by Gasteiger charge is 2.18. The van der Waals surface area contributed by atoms with Crippen LogP contribution in [0.3, 0.4) is 0 Å². The van der Waals surface area contributed by atoms with Crippen molar-refractivity contribution in [1.29, 1.82) is 0 Å². The molecule has 0 aliphatic carbocycles. The van der Waals surface area contributed by atoms with Crippen molar-refractivity contribution in [2.45, 2.75) is 12.5 Å². The van der Waals surface area contributed by atoms with E-state index in [0.29, 0.717) is 11.3 Å². The molecule has 0 spiro atoms. The van der Waals surface area contributed by atoms with E-state index in [9.17, 15) is 14.4 Å². The molecule has 0 radical (unpaired) electrons. The largest absolute Gasteiger partial charge is 0.481 e. The number of hydrogen-bond acceptors (Lipinski definition) is 4. The van der Waals surface area contributed by atoms with E-state index in [1.54, 1.807) is 48.5 Å². The summed E-state index contributed by atoms with van der Waals surface area (Å²) in [7, 11) is 0. The average Bonchev–Trinajstić information content (AvgIpc) is 2.65. The second-order valence-electron chi connectivity index (χ2n) is 5.90. The first-order valence-electron chi connectivity index (χ1n) is 8.39. The highest BCUT2D eigenvalue weighted by atomic mass is 16.4. The Balaban J connectivity index is 1.97. The van der Waals surface area contributed by atoms with Crippen LogP contribution in [0.15, 0.2) is 59.6 Å². The summed E-state index contributed by atoms with van der Waals surface area (Å²) in [5, 5.41) is 14.2. The number of carboxylic acids is 1. The molecule has 2 aromatic carbocycles. The number of guanidine groups is 1. The van der Waals surface area contributed by atoms with E-state index >= 15 is 0 Å². The van der Waals surface area contributed by atoms with E-state index in [0.717, 1.165) is 0 Å². The summed E-state index contributed by atoms with van der Waals surface area (Å²) in [6.45, 7) is -0.311. The number of amides is 2. The summed E-state index contributed by atoms with van der Waals surface area (Å²) in [5.74, 6) is -2.18. The van der Waals surface area contributed by atoms with Crippen molar-refractivity contribution in [3.05, 3.63) is 65.7 Å². The topological polar surface area (TPSA) is 160 Å². The van der Waals surface area contributed by atoms with Crippen molar-refractivity contribution in [2.24, 2.45) is 16.5 Å². The van der Waals surface area contributed by atoms with Crippen molar-refractivity contribution < 1.29 is 19.5 Å². The van der Waals surface area contributed by atoms with Gasteiger partial charge in [-0.15, -0.1) is 0 Å². The zero-order chi connectivity index (χ0) is 20.5. The number of nitrogens with one attached hydrogen (secondary N) is 2. The van der Waals surface area contributed by atoms with Crippen molar-refractivity contribution in [1.82, 2.24) is 10.6 Å². The van der Waals surface area contributed by atoms with Crippen molar-refractivity contribution in [3.8, 4) is 0 Å². The van der Waals surface area contributed by atoms with Crippen molar-refractivity contribution in [2.75, 3.05) is 6.54 Å². The summed E-state index contributed by atoms with van der Waals surface area (Å²) in [6, 6.07) is 14.3. The lowest BCUT2D eigenvalue weighted by Crippen LogP contribution is -2.39. The monoisotopic (exact) mass is 383 g/mol. The fraction of sp³-hybridized carbons (Fsp3) is 0.158. The molecule has 1 unspecified atom stereocenters. The third kappa shape index (κ3) is 6.45. The van der Waals surface area contributed by atoms with Crippen LogP contribution in [-0.4, -0.2) is 35.4 Å². The van der Waals surface area contributed by atoms with E-state index in [4.69, 9.17) is 16.6 Å². The molecule has 9 heteroatoms. The van der Waals surface area contributed by atoms with Gasteiger partial charge in [-0.2, -0.15) is 0 Å². The van der Waals surface area contributed by atoms with Crippen LogP contribution in [0, 0.1) is 0 Å². The van der Waals surface area contributed by atoms with Gasteiger partial charge in [0, 0.05) is 5.56 Å². The van der Waals surface area contributed by atoms with Gasteiger partial charge in [0.2, 0.25) is 5.91 Å². The number of aliphatic carboxylic acids is 1. The molecule has 0 aliphatic rings. The third-order valence-electron chi connectivity index (χ3n) is 3.69. The number of aliphatic imine (C=N–C) groups is 1. The Labute approximate surface area is 161 Å². The van der Waals surface area contributed by atoms with E-state index in [1.807, 2.05) is 0 Å². The summed E-state index contributed by atoms with van der Waals surface area (Å²) in [6.07, 6.45) is -0.274. The molecule has 2 amide bonds. The normalized spacial score (nSPS) is 11.1. The second kappa shape index (κ2) is 9.72. The first kappa shape index (κ1) is 20.4. The van der Waals surface area contributed by atoms with Crippen LogP contribution in [0.1, 0.15) is 28.4 Å². The fourth-order valence-electron chi connectivity index (χ4n) is 2.49. The SMILES string of the molecule is NC(N)=Nc1cccc(C(=O)NCC(=O)NC(CC(=O)O)c2ccccc2)c1. The van der Waals surface area contributed by atoms with E-state index < -0.39 is 23.8 Å². The molecule has 9 nitrogen and oxygen atoms in total. The number of carbonyl (C=O) groups excluding carboxylic acids is 2. The molecule has 0 fully saturated rings. The molecular formula is C19H21N5O4. The minimum atomic E-state index is -1.05. The summed E-state index contributed by atoms with van der Waals surface area (Å²) >= 11 is 0. The highest BCUT2D eigenvalue weighted by molar-refractivity contribution is 5.97. The number of benzene rings is 2. The molecule has 0 saturated heterocycles. The zero-order valence-electron chi connectivity index (χ0n) is 15.0. The molecule has 0 aliphatic heterocycles. The number of hydrogen-bond donors (Lipinski definition) is 5. The van der Waals surface area contributed by atoms with Gasteiger partial charge in [0.25, 0.3) is 5.91 Å². The van der Waals surface area contributed by atoms with Gasteiger partial charge in [-0.1, -0.05) is 36.4 Å². The van der Waals surface area contributed by atoms with Crippen LogP contribution in [0.4, 0.5) is 5.69 Å². The zero-order valence-corrected chi connectivity index (χ0v) is 15.0. The average molecular weight is 383 g/mol. The molecule has 0 saturated carbocycles. The number of carbonyl (C=O) groups is 3. The lowest BCUT2D eigenvalue weighted by molar-refractivity contribution is -0.137. The van der Waals surface area contributed by atoms with Crippen molar-refractivity contribution in [3.63, 3.8) is 0 Å². The highest BCUT2D eigenvalue weighted by Crippen LogP contribution is 2.16. The number of carboxylic acid groups (broad SMARTS) is 1. The lowest BCUT2D eigenvalue weighted by atomic mass is 10.0. The first-order chi connectivity index (χ1) is 13.3. The maximum absolute atomic E-state index is 12.2. The number of rotatable bonds is 8. The maximum atomic E-state index is 12.2. The Hall–Kier alpha value is -3.88. The summed E-state index contributed by atoms with van der Waals surface area (Å²) < 4.78 is 0. The smallest absolute Gasteiger partial charge is 0.305 e. The van der Waals surface area contributed by atoms with Gasteiger partial charge >= 0.3 is 5.97 Å². The van der Waals surface area contributed by atoms with Gasteiger partial charge in [-0.3, -0.25) is 14.4 Å². The third-order valence-corrected chi connectivity index (χ3v) is 3.69. The standard InChI is InChI=1S/C19H21N5O4/c20-19(21)23-14-8-4-7-13(9-14)18(28)22-11-16(25)24-15(10-17(26)27)12-5-2-1-3-6-12/h1-9,15H,10-11H2,(H,22,28)(H,24,25)(H,26,27)(H4,20,21,23). The minimum Gasteiger partial charge on any atom is -0.481 e. The van der Waals surface area contributed by atoms with Gasteiger partial charge < -0.3 is 27.2 Å². The van der Waals surface area contributed by atoms with Crippen LogP contribution in [0.5, 0.6) is 0 Å². The van der Waals surface area contributed by atoms with Crippen LogP contribution in [0.25, 0.3) is 0 Å². The molecule has 0 heterocycles. The van der Waals surface area contributed by atoms with Crippen LogP contribution >= 0.6 is 0 Å². The Morgan fingerprint density at radius 2 is 1.75 bits per heavy atom. The molecule has 2 aromatic rings. The van der Waals surface area contributed by atoms with E-state index in [2.05, 4.69) is 15.6 Å². The summed E-state index contributed by atoms with van der Waals surface area (Å²) in [4.78, 5) is 39.3. The quantitative estimate of drug-likeness (QED) is 0.332. The molecule has 28 heavy (non-hydrogen) atoms. The minimum absolute atomic E-state index is 0.137. The molecule has 2 rings (SSSR count). The Bertz CT molecular complexity index is 879. The van der Waals surface area contributed by atoms with Gasteiger partial charge in [0.05, 0.1) is 24.7 Å². The molecule has 0 aromatic heterocycles. The van der Waals surface area contributed by atoms with E-state index in [1.165, 1.54) is 6.07 Å². The van der Waals surface area contributed by atoms with Crippen molar-refractivity contribution >= 4 is 29.4 Å². The lowest BCUT2D eigenvalue weighted by Gasteiger charge is -2.17. The molecular weight excluding hydrogens is 362 g/mol. The predicted molar refractivity (Wildman–Crippen MR) is 104 cm³/mol. The Kier molecular flexibility index (Phi) is 7.09. The van der Waals surface area contributed by atoms with Gasteiger partial charge in [0.1, 0.15) is 0 Å². The Morgan fingerprint density at radius 1 is 1.04 bits per heavy atom. The van der Waals surface area contributed by atoms with E-state index in [-0.39, 0.29) is 24.5 Å². The summed E-state index contributed by atoms with van der Waals surface area (Å²) in [5.41, 5.74) is 12.0. The van der Waals surface area contributed by atoms with Crippen LogP contribution in [-0.2, 0) is 9.59 Å². The first-order valence-corrected chi connectivity index (χ1v) is 8.39. The maximum Gasteiger partial charge on any atom is 0.305 e. The predicted octanol–water partition coefficient (Wildman–Crippen LogP) is 0.654.